The summed E-state index contributed by atoms with van der Waals surface area (Å²) in [7, 11) is 1.94. The molecule has 1 saturated heterocycles. The Bertz CT molecular complexity index is 826. The van der Waals surface area contributed by atoms with Crippen molar-refractivity contribution in [1.29, 1.82) is 0 Å². The molecule has 3 heterocycles. The summed E-state index contributed by atoms with van der Waals surface area (Å²) in [4.78, 5) is 28.3. The van der Waals surface area contributed by atoms with Crippen LogP contribution in [0.4, 0.5) is 5.69 Å². The van der Waals surface area contributed by atoms with Gasteiger partial charge in [-0.05, 0) is 25.0 Å². The number of aryl methyl sites for hydroxylation is 1. The average Bonchev–Trinajstić information content (AvgIpc) is 3.10. The molecule has 0 N–H and O–H groups in total. The van der Waals surface area contributed by atoms with Gasteiger partial charge in [-0.3, -0.25) is 14.5 Å². The summed E-state index contributed by atoms with van der Waals surface area (Å²) in [6.45, 7) is 1.35. The molecule has 8 nitrogen and oxygen atoms in total. The topological polar surface area (TPSA) is 80.6 Å². The molecule has 2 amide bonds. The van der Waals surface area contributed by atoms with E-state index in [0.29, 0.717) is 30.4 Å². The van der Waals surface area contributed by atoms with Crippen molar-refractivity contribution < 1.29 is 14.3 Å². The summed E-state index contributed by atoms with van der Waals surface area (Å²) in [6, 6.07) is 7.31. The van der Waals surface area contributed by atoms with Crippen molar-refractivity contribution >= 4 is 17.5 Å². The molecule has 136 valence electrons. The Balaban J connectivity index is 1.40. The number of aromatic nitrogens is 3. The highest BCUT2D eigenvalue weighted by atomic mass is 16.5. The van der Waals surface area contributed by atoms with Crippen LogP contribution in [0.25, 0.3) is 0 Å². The molecule has 0 atom stereocenters. The van der Waals surface area contributed by atoms with Crippen molar-refractivity contribution in [2.75, 3.05) is 31.1 Å². The Labute approximate surface area is 151 Å². The molecule has 0 bridgehead atoms. The molecule has 0 spiro atoms. The minimum atomic E-state index is -0.189. The average molecular weight is 355 g/mol. The molecule has 4 rings (SSSR count). The SMILES string of the molecule is Cn1cnnc1C1CCN(C(=O)CN2C(=O)COc3ccccc32)CC1. The molecule has 1 fully saturated rings. The van der Waals surface area contributed by atoms with Gasteiger partial charge in [-0.2, -0.15) is 0 Å². The van der Waals surface area contributed by atoms with Gasteiger partial charge in [0.15, 0.2) is 6.61 Å². The first kappa shape index (κ1) is 16.6. The fraction of sp³-hybridized carbons (Fsp3) is 0.444. The molecule has 0 radical (unpaired) electrons. The zero-order valence-corrected chi connectivity index (χ0v) is 14.7. The lowest BCUT2D eigenvalue weighted by Crippen LogP contribution is -2.48. The first-order valence-electron chi connectivity index (χ1n) is 8.77. The minimum Gasteiger partial charge on any atom is -0.482 e. The zero-order chi connectivity index (χ0) is 18.1. The first-order valence-corrected chi connectivity index (χ1v) is 8.77. The highest BCUT2D eigenvalue weighted by Gasteiger charge is 2.31. The Hall–Kier alpha value is -2.90. The van der Waals surface area contributed by atoms with E-state index in [0.717, 1.165) is 18.7 Å². The molecule has 1 aromatic carbocycles. The van der Waals surface area contributed by atoms with Gasteiger partial charge in [0.25, 0.3) is 5.91 Å². The van der Waals surface area contributed by atoms with E-state index in [2.05, 4.69) is 10.2 Å². The van der Waals surface area contributed by atoms with Gasteiger partial charge in [0, 0.05) is 26.1 Å². The summed E-state index contributed by atoms with van der Waals surface area (Å²) in [5.41, 5.74) is 0.658. The van der Waals surface area contributed by atoms with E-state index in [1.54, 1.807) is 12.4 Å². The van der Waals surface area contributed by atoms with E-state index in [4.69, 9.17) is 4.74 Å². The number of ether oxygens (including phenoxy) is 1. The Morgan fingerprint density at radius 2 is 2.04 bits per heavy atom. The quantitative estimate of drug-likeness (QED) is 0.819. The third-order valence-electron chi connectivity index (χ3n) is 5.06. The smallest absolute Gasteiger partial charge is 0.265 e. The summed E-state index contributed by atoms with van der Waals surface area (Å²) >= 11 is 0. The largest absolute Gasteiger partial charge is 0.482 e. The van der Waals surface area contributed by atoms with Gasteiger partial charge in [-0.15, -0.1) is 10.2 Å². The second-order valence-electron chi connectivity index (χ2n) is 6.69. The number of amides is 2. The number of fused-ring (bicyclic) bond motifs is 1. The molecule has 2 aromatic rings. The van der Waals surface area contributed by atoms with Crippen molar-refractivity contribution in [3.8, 4) is 5.75 Å². The molecule has 2 aliphatic heterocycles. The van der Waals surface area contributed by atoms with Gasteiger partial charge < -0.3 is 14.2 Å². The Kier molecular flexibility index (Phi) is 4.32. The second kappa shape index (κ2) is 6.78. The predicted octanol–water partition coefficient (Wildman–Crippen LogP) is 0.947. The maximum Gasteiger partial charge on any atom is 0.265 e. The molecule has 0 saturated carbocycles. The number of hydrogen-bond acceptors (Lipinski definition) is 5. The van der Waals surface area contributed by atoms with Crippen molar-refractivity contribution in [1.82, 2.24) is 19.7 Å². The molecule has 8 heteroatoms. The number of anilines is 1. The zero-order valence-electron chi connectivity index (χ0n) is 14.7. The normalized spacial score (nSPS) is 17.8. The number of likely N-dealkylation sites (tertiary alicyclic amines) is 1. The van der Waals surface area contributed by atoms with E-state index < -0.39 is 0 Å². The number of carbonyl (C=O) groups is 2. The number of rotatable bonds is 3. The van der Waals surface area contributed by atoms with Crippen LogP contribution in [0, 0.1) is 0 Å². The van der Waals surface area contributed by atoms with Gasteiger partial charge in [-0.25, -0.2) is 0 Å². The Morgan fingerprint density at radius 1 is 1.27 bits per heavy atom. The molecule has 0 aliphatic carbocycles. The van der Waals surface area contributed by atoms with Crippen LogP contribution < -0.4 is 9.64 Å². The standard InChI is InChI=1S/C18H21N5O3/c1-21-12-19-20-18(21)13-6-8-22(9-7-13)16(24)10-23-14-4-2-3-5-15(14)26-11-17(23)25/h2-5,12-13H,6-11H2,1H3. The first-order chi connectivity index (χ1) is 12.6. The lowest BCUT2D eigenvalue weighted by atomic mass is 9.96. The molecule has 0 unspecified atom stereocenters. The van der Waals surface area contributed by atoms with Gasteiger partial charge in [0.1, 0.15) is 24.4 Å². The van der Waals surface area contributed by atoms with Gasteiger partial charge in [0.05, 0.1) is 5.69 Å². The second-order valence-corrected chi connectivity index (χ2v) is 6.69. The summed E-state index contributed by atoms with van der Waals surface area (Å²) in [5, 5.41) is 8.12. The monoisotopic (exact) mass is 355 g/mol. The lowest BCUT2D eigenvalue weighted by Gasteiger charge is -2.34. The van der Waals surface area contributed by atoms with E-state index >= 15 is 0 Å². The Morgan fingerprint density at radius 3 is 2.77 bits per heavy atom. The number of para-hydroxylation sites is 2. The van der Waals surface area contributed by atoms with E-state index in [-0.39, 0.29) is 25.0 Å². The van der Waals surface area contributed by atoms with E-state index in [1.165, 1.54) is 4.90 Å². The molecular formula is C18H21N5O3. The van der Waals surface area contributed by atoms with Crippen molar-refractivity contribution in [3.63, 3.8) is 0 Å². The summed E-state index contributed by atoms with van der Waals surface area (Å²) in [5.74, 6) is 1.70. The highest BCUT2D eigenvalue weighted by molar-refractivity contribution is 6.02. The van der Waals surface area contributed by atoms with Crippen molar-refractivity contribution in [3.05, 3.63) is 36.4 Å². The van der Waals surface area contributed by atoms with Crippen LogP contribution >= 0.6 is 0 Å². The van der Waals surface area contributed by atoms with Crippen LogP contribution in [0.15, 0.2) is 30.6 Å². The number of nitrogens with zero attached hydrogens (tertiary/aromatic N) is 5. The van der Waals surface area contributed by atoms with Gasteiger partial charge in [-0.1, -0.05) is 12.1 Å². The maximum absolute atomic E-state index is 12.7. The summed E-state index contributed by atoms with van der Waals surface area (Å²) < 4.78 is 7.36. The number of benzene rings is 1. The fourth-order valence-corrected chi connectivity index (χ4v) is 3.61. The van der Waals surface area contributed by atoms with Gasteiger partial charge >= 0.3 is 0 Å². The lowest BCUT2D eigenvalue weighted by molar-refractivity contribution is -0.132. The number of piperidine rings is 1. The van der Waals surface area contributed by atoms with Crippen molar-refractivity contribution in [2.24, 2.45) is 7.05 Å². The third-order valence-corrected chi connectivity index (χ3v) is 5.06. The van der Waals surface area contributed by atoms with Gasteiger partial charge in [0.2, 0.25) is 5.91 Å². The molecule has 2 aliphatic rings. The van der Waals surface area contributed by atoms with E-state index in [9.17, 15) is 9.59 Å². The summed E-state index contributed by atoms with van der Waals surface area (Å²) in [6.07, 6.45) is 3.41. The van der Waals surface area contributed by atoms with Crippen LogP contribution in [0.1, 0.15) is 24.6 Å². The number of hydrogen-bond donors (Lipinski definition) is 0. The fourth-order valence-electron chi connectivity index (χ4n) is 3.61. The van der Waals surface area contributed by atoms with Crippen LogP contribution in [-0.2, 0) is 16.6 Å². The maximum atomic E-state index is 12.7. The molecular weight excluding hydrogens is 334 g/mol. The highest BCUT2D eigenvalue weighted by Crippen LogP contribution is 2.32. The van der Waals surface area contributed by atoms with Crippen LogP contribution in [-0.4, -0.2) is 57.7 Å². The van der Waals surface area contributed by atoms with Crippen LogP contribution in [0.3, 0.4) is 0 Å². The van der Waals surface area contributed by atoms with E-state index in [1.807, 2.05) is 34.7 Å². The van der Waals surface area contributed by atoms with Crippen molar-refractivity contribution in [2.45, 2.75) is 18.8 Å². The molecule has 1 aromatic heterocycles. The number of carbonyl (C=O) groups excluding carboxylic acids is 2. The van der Waals surface area contributed by atoms with Crippen LogP contribution in [0.2, 0.25) is 0 Å². The van der Waals surface area contributed by atoms with Crippen LogP contribution in [0.5, 0.6) is 5.75 Å². The molecule has 26 heavy (non-hydrogen) atoms. The minimum absolute atomic E-state index is 0.0292. The predicted molar refractivity (Wildman–Crippen MR) is 93.8 cm³/mol. The third kappa shape index (κ3) is 3.02.